The van der Waals surface area contributed by atoms with Gasteiger partial charge in [0.2, 0.25) is 5.78 Å². The van der Waals surface area contributed by atoms with E-state index in [0.29, 0.717) is 27.4 Å². The summed E-state index contributed by atoms with van der Waals surface area (Å²) >= 11 is 6.31. The number of para-hydroxylation sites is 1. The number of Topliss-reactive ketones (excluding diaryl/α,β-unsaturated/α-hetero) is 1. The molecule has 132 valence electrons. The molecule has 0 spiro atoms. The van der Waals surface area contributed by atoms with Crippen molar-refractivity contribution in [2.24, 2.45) is 5.92 Å². The molecule has 0 aromatic heterocycles. The molecule has 3 nitrogen and oxygen atoms in total. The minimum atomic E-state index is -4.85. The molecule has 2 N–H and O–H groups in total. The molecule has 0 aliphatic carbocycles. The summed E-state index contributed by atoms with van der Waals surface area (Å²) in [7, 11) is 0. The summed E-state index contributed by atoms with van der Waals surface area (Å²) in [6.07, 6.45) is -4.54. The zero-order chi connectivity index (χ0) is 18.2. The van der Waals surface area contributed by atoms with E-state index in [1.54, 1.807) is 30.3 Å². The van der Waals surface area contributed by atoms with E-state index >= 15 is 0 Å². The first-order chi connectivity index (χ1) is 11.8. The SMILES string of the molecule is O=C(C1CCc2c(ccc(Cl)c2-c2ccccc2O)NC1)C(F)(F)F. The molecule has 25 heavy (non-hydrogen) atoms. The summed E-state index contributed by atoms with van der Waals surface area (Å²) in [5, 5.41) is 13.4. The first-order valence-corrected chi connectivity index (χ1v) is 8.11. The van der Waals surface area contributed by atoms with Gasteiger partial charge in [0.15, 0.2) is 0 Å². The van der Waals surface area contributed by atoms with Gasteiger partial charge in [0, 0.05) is 34.3 Å². The Bertz CT molecular complexity index is 820. The van der Waals surface area contributed by atoms with Crippen molar-refractivity contribution in [3.05, 3.63) is 47.0 Å². The third-order valence-corrected chi connectivity index (χ3v) is 4.68. The van der Waals surface area contributed by atoms with E-state index in [0.717, 1.165) is 0 Å². The van der Waals surface area contributed by atoms with Crippen LogP contribution in [-0.4, -0.2) is 23.6 Å². The predicted octanol–water partition coefficient (Wildman–Crippen LogP) is 4.82. The van der Waals surface area contributed by atoms with Gasteiger partial charge >= 0.3 is 6.18 Å². The summed E-state index contributed by atoms with van der Waals surface area (Å²) in [6, 6.07) is 9.93. The number of hydrogen-bond acceptors (Lipinski definition) is 3. The normalized spacial score (nSPS) is 17.4. The number of alkyl halides is 3. The van der Waals surface area contributed by atoms with Crippen LogP contribution in [0.25, 0.3) is 11.1 Å². The molecule has 0 fully saturated rings. The van der Waals surface area contributed by atoms with Crippen molar-refractivity contribution in [1.29, 1.82) is 0 Å². The van der Waals surface area contributed by atoms with E-state index in [4.69, 9.17) is 11.6 Å². The highest BCUT2D eigenvalue weighted by molar-refractivity contribution is 6.33. The van der Waals surface area contributed by atoms with Crippen LogP contribution >= 0.6 is 11.6 Å². The summed E-state index contributed by atoms with van der Waals surface area (Å²) in [5.74, 6) is -2.84. The van der Waals surface area contributed by atoms with Gasteiger partial charge in [0.05, 0.1) is 0 Å². The van der Waals surface area contributed by atoms with Gasteiger partial charge in [-0.05, 0) is 36.6 Å². The number of carbonyl (C=O) groups is 1. The van der Waals surface area contributed by atoms with E-state index in [-0.39, 0.29) is 25.1 Å². The number of nitrogens with one attached hydrogen (secondary N) is 1. The zero-order valence-electron chi connectivity index (χ0n) is 13.0. The minimum absolute atomic E-state index is 0.0324. The number of rotatable bonds is 2. The van der Waals surface area contributed by atoms with Crippen molar-refractivity contribution in [3.8, 4) is 16.9 Å². The summed E-state index contributed by atoms with van der Waals surface area (Å²) in [5.41, 5.74) is 2.41. The highest BCUT2D eigenvalue weighted by Gasteiger charge is 2.43. The molecule has 0 radical (unpaired) electrons. The summed E-state index contributed by atoms with van der Waals surface area (Å²) < 4.78 is 38.2. The number of fused-ring (bicyclic) bond motifs is 1. The van der Waals surface area contributed by atoms with E-state index in [1.807, 2.05) is 0 Å². The van der Waals surface area contributed by atoms with Crippen LogP contribution in [0.3, 0.4) is 0 Å². The van der Waals surface area contributed by atoms with Crippen LogP contribution in [0.15, 0.2) is 36.4 Å². The molecule has 1 heterocycles. The number of anilines is 1. The fourth-order valence-electron chi connectivity index (χ4n) is 3.13. The fourth-order valence-corrected chi connectivity index (χ4v) is 3.41. The number of aromatic hydroxyl groups is 1. The lowest BCUT2D eigenvalue weighted by Crippen LogP contribution is -2.34. The molecular weight excluding hydrogens is 355 g/mol. The molecule has 1 atom stereocenters. The van der Waals surface area contributed by atoms with Crippen LogP contribution < -0.4 is 5.32 Å². The zero-order valence-corrected chi connectivity index (χ0v) is 13.8. The Morgan fingerprint density at radius 2 is 1.92 bits per heavy atom. The van der Waals surface area contributed by atoms with Crippen LogP contribution in [0.5, 0.6) is 5.75 Å². The van der Waals surface area contributed by atoms with Gasteiger partial charge in [0.1, 0.15) is 5.75 Å². The van der Waals surface area contributed by atoms with Gasteiger partial charge in [0.25, 0.3) is 0 Å². The van der Waals surface area contributed by atoms with Gasteiger partial charge in [-0.1, -0.05) is 29.8 Å². The van der Waals surface area contributed by atoms with Crippen molar-refractivity contribution in [3.63, 3.8) is 0 Å². The van der Waals surface area contributed by atoms with E-state index in [1.165, 1.54) is 6.07 Å². The highest BCUT2D eigenvalue weighted by atomic mass is 35.5. The molecule has 2 aromatic rings. The largest absolute Gasteiger partial charge is 0.507 e. The summed E-state index contributed by atoms with van der Waals surface area (Å²) in [6.45, 7) is -0.0901. The quantitative estimate of drug-likeness (QED) is 0.798. The molecule has 0 bridgehead atoms. The number of benzene rings is 2. The van der Waals surface area contributed by atoms with Crippen molar-refractivity contribution in [2.75, 3.05) is 11.9 Å². The van der Waals surface area contributed by atoms with Gasteiger partial charge in [-0.25, -0.2) is 0 Å². The van der Waals surface area contributed by atoms with Crippen molar-refractivity contribution < 1.29 is 23.1 Å². The molecule has 0 saturated carbocycles. The number of phenols is 1. The van der Waals surface area contributed by atoms with Gasteiger partial charge < -0.3 is 10.4 Å². The van der Waals surface area contributed by atoms with Gasteiger partial charge in [-0.3, -0.25) is 4.79 Å². The van der Waals surface area contributed by atoms with Gasteiger partial charge in [-0.2, -0.15) is 13.2 Å². The van der Waals surface area contributed by atoms with Gasteiger partial charge in [-0.15, -0.1) is 0 Å². The molecule has 1 aliphatic heterocycles. The molecule has 2 aromatic carbocycles. The first-order valence-electron chi connectivity index (χ1n) is 7.73. The Kier molecular flexibility index (Phi) is 4.64. The van der Waals surface area contributed by atoms with Crippen LogP contribution in [-0.2, 0) is 11.2 Å². The fraction of sp³-hybridized carbons (Fsp3) is 0.278. The Morgan fingerprint density at radius 3 is 2.60 bits per heavy atom. The van der Waals surface area contributed by atoms with Crippen LogP contribution in [0.1, 0.15) is 12.0 Å². The third kappa shape index (κ3) is 3.44. The molecule has 1 aliphatic rings. The monoisotopic (exact) mass is 369 g/mol. The second-order valence-electron chi connectivity index (χ2n) is 5.94. The molecule has 1 unspecified atom stereocenters. The Balaban J connectivity index is 2.01. The lowest BCUT2D eigenvalue weighted by Gasteiger charge is -2.16. The standard InChI is InChI=1S/C18H15ClF3NO2/c19-13-7-8-14-11(16(13)12-3-1-2-4-15(12)24)6-5-10(9-23-14)17(25)18(20,21)22/h1-4,7-8,10,23-24H,5-6,9H2. The van der Waals surface area contributed by atoms with Crippen molar-refractivity contribution >= 4 is 23.1 Å². The van der Waals surface area contributed by atoms with Crippen LogP contribution in [0.4, 0.5) is 18.9 Å². The minimum Gasteiger partial charge on any atom is -0.507 e. The number of hydrogen-bond donors (Lipinski definition) is 2. The average molecular weight is 370 g/mol. The van der Waals surface area contributed by atoms with E-state index in [2.05, 4.69) is 5.32 Å². The second-order valence-corrected chi connectivity index (χ2v) is 6.35. The Hall–Kier alpha value is -2.21. The molecule has 3 rings (SSSR count). The van der Waals surface area contributed by atoms with Crippen LogP contribution in [0.2, 0.25) is 5.02 Å². The number of carbonyl (C=O) groups excluding carboxylic acids is 1. The second kappa shape index (κ2) is 6.59. The molecule has 0 saturated heterocycles. The number of phenolic OH excluding ortho intramolecular Hbond substituents is 1. The Labute approximate surface area is 147 Å². The lowest BCUT2D eigenvalue weighted by atomic mass is 9.92. The van der Waals surface area contributed by atoms with E-state index in [9.17, 15) is 23.1 Å². The van der Waals surface area contributed by atoms with E-state index < -0.39 is 17.9 Å². The molecular formula is C18H15ClF3NO2. The lowest BCUT2D eigenvalue weighted by molar-refractivity contribution is -0.175. The predicted molar refractivity (Wildman–Crippen MR) is 89.9 cm³/mol. The highest BCUT2D eigenvalue weighted by Crippen LogP contribution is 2.42. The Morgan fingerprint density at radius 1 is 1.20 bits per heavy atom. The first kappa shape index (κ1) is 17.6. The maximum absolute atomic E-state index is 12.7. The third-order valence-electron chi connectivity index (χ3n) is 4.37. The number of halogens is 4. The molecule has 0 amide bonds. The van der Waals surface area contributed by atoms with Crippen molar-refractivity contribution in [1.82, 2.24) is 0 Å². The smallest absolute Gasteiger partial charge is 0.450 e. The van der Waals surface area contributed by atoms with Crippen LogP contribution in [0, 0.1) is 5.92 Å². The van der Waals surface area contributed by atoms with Crippen molar-refractivity contribution in [2.45, 2.75) is 19.0 Å². The topological polar surface area (TPSA) is 49.3 Å². The maximum atomic E-state index is 12.7. The average Bonchev–Trinajstić information content (AvgIpc) is 2.77. The number of ketones is 1. The summed E-state index contributed by atoms with van der Waals surface area (Å²) in [4.78, 5) is 11.6. The maximum Gasteiger partial charge on any atom is 0.450 e. The molecule has 7 heteroatoms.